The van der Waals surface area contributed by atoms with Gasteiger partial charge in [0.15, 0.2) is 14.8 Å². The van der Waals surface area contributed by atoms with Gasteiger partial charge < -0.3 is 18.5 Å². The largest absolute Gasteiger partial charge is 0.382 e. The van der Waals surface area contributed by atoms with E-state index < -0.39 is 5.72 Å². The number of hydrogen-bond donors (Lipinski definition) is 0. The summed E-state index contributed by atoms with van der Waals surface area (Å²) < 4.78 is 22.4. The summed E-state index contributed by atoms with van der Waals surface area (Å²) in [5.41, 5.74) is -0.661. The van der Waals surface area contributed by atoms with Crippen LogP contribution >= 0.6 is 9.03 Å². The molecule has 5 nitrogen and oxygen atoms in total. The number of rotatable bonds is 7. The maximum atomic E-state index is 5.83. The molecule has 0 amide bonds. The van der Waals surface area contributed by atoms with Gasteiger partial charge in [0.2, 0.25) is 0 Å². The molecule has 0 aliphatic carbocycles. The summed E-state index contributed by atoms with van der Waals surface area (Å²) in [5.74, 6) is 2.79. The van der Waals surface area contributed by atoms with Gasteiger partial charge >= 0.3 is 0 Å². The van der Waals surface area contributed by atoms with Crippen molar-refractivity contribution in [2.75, 3.05) is 13.7 Å². The summed E-state index contributed by atoms with van der Waals surface area (Å²) in [5, 5.41) is 0. The molecule has 113 valence electrons. The first-order valence-electron chi connectivity index (χ1n) is 6.38. The monoisotopic (exact) mass is 378 g/mol. The van der Waals surface area contributed by atoms with E-state index in [0.29, 0.717) is 12.5 Å². The Hall–Kier alpha value is 0.824. The van der Waals surface area contributed by atoms with Crippen LogP contribution in [0.2, 0.25) is 0 Å². The number of nitrogens with zero attached hydrogens (tertiary/aromatic N) is 1. The summed E-state index contributed by atoms with van der Waals surface area (Å²) in [4.78, 5) is 4.00. The number of methoxy groups -OCH3 is 1. The van der Waals surface area contributed by atoms with Crippen LogP contribution in [0.15, 0.2) is 11.6 Å². The Bertz CT molecular complexity index is 336. The first-order valence-corrected chi connectivity index (χ1v) is 7.20. The molecule has 1 aliphatic rings. The quantitative estimate of drug-likeness (QED) is 0.505. The molecule has 0 aromatic carbocycles. The summed E-state index contributed by atoms with van der Waals surface area (Å²) >= 11 is 0. The third-order valence-electron chi connectivity index (χ3n) is 3.17. The second-order valence-electron chi connectivity index (χ2n) is 5.18. The number of hydrogen-bond acceptors (Lipinski definition) is 5. The van der Waals surface area contributed by atoms with E-state index in [1.54, 1.807) is 7.11 Å². The molecule has 1 fully saturated rings. The van der Waals surface area contributed by atoms with Crippen molar-refractivity contribution in [1.29, 1.82) is 0 Å². The maximum Gasteiger partial charge on any atom is 0.168 e. The SMILES string of the molecule is C=C=NC(C)(C)OPOC1C(COC)OC(C)C1C.[Y]. The molecule has 1 radical (unpaired) electrons. The minimum atomic E-state index is -0.661. The molecule has 5 unspecified atom stereocenters. The van der Waals surface area contributed by atoms with E-state index in [1.165, 1.54) is 0 Å². The van der Waals surface area contributed by atoms with Gasteiger partial charge in [0.25, 0.3) is 0 Å². The van der Waals surface area contributed by atoms with Gasteiger partial charge in [-0.05, 0) is 33.2 Å². The Kier molecular flexibility index (Phi) is 10.2. The van der Waals surface area contributed by atoms with Gasteiger partial charge in [-0.15, -0.1) is 0 Å². The first-order chi connectivity index (χ1) is 8.91. The molecule has 5 atom stereocenters. The van der Waals surface area contributed by atoms with Crippen molar-refractivity contribution in [1.82, 2.24) is 0 Å². The van der Waals surface area contributed by atoms with Gasteiger partial charge in [-0.25, -0.2) is 4.99 Å². The first kappa shape index (κ1) is 20.8. The van der Waals surface area contributed by atoms with Crippen molar-refractivity contribution < 1.29 is 51.2 Å². The average molecular weight is 378 g/mol. The van der Waals surface area contributed by atoms with E-state index in [0.717, 1.165) is 0 Å². The zero-order chi connectivity index (χ0) is 14.5. The minimum Gasteiger partial charge on any atom is -0.382 e. The van der Waals surface area contributed by atoms with Crippen molar-refractivity contribution in [3.05, 3.63) is 6.58 Å². The normalized spacial score (nSPS) is 30.2. The predicted octanol–water partition coefficient (Wildman–Crippen LogP) is 2.56. The molecule has 0 aromatic rings. The van der Waals surface area contributed by atoms with Crippen LogP contribution in [0.4, 0.5) is 0 Å². The van der Waals surface area contributed by atoms with E-state index in [2.05, 4.69) is 24.4 Å². The molecule has 0 saturated carbocycles. The Balaban J connectivity index is 0.00000361. The summed E-state index contributed by atoms with van der Waals surface area (Å²) in [6, 6.07) is 0. The predicted molar refractivity (Wildman–Crippen MR) is 76.8 cm³/mol. The number of ether oxygens (including phenoxy) is 2. The van der Waals surface area contributed by atoms with Crippen LogP contribution in [-0.4, -0.2) is 43.6 Å². The smallest absolute Gasteiger partial charge is 0.168 e. The third kappa shape index (κ3) is 6.29. The fourth-order valence-electron chi connectivity index (χ4n) is 1.96. The van der Waals surface area contributed by atoms with Crippen molar-refractivity contribution in [3.63, 3.8) is 0 Å². The fraction of sp³-hybridized carbons (Fsp3) is 0.846. The molecule has 0 spiro atoms. The van der Waals surface area contributed by atoms with Crippen molar-refractivity contribution in [3.8, 4) is 0 Å². The summed E-state index contributed by atoms with van der Waals surface area (Å²) in [6.45, 7) is 11.8. The molecule has 20 heavy (non-hydrogen) atoms. The van der Waals surface area contributed by atoms with Gasteiger partial charge in [-0.3, -0.25) is 0 Å². The van der Waals surface area contributed by atoms with Gasteiger partial charge in [-0.1, -0.05) is 6.92 Å². The third-order valence-corrected chi connectivity index (χ3v) is 4.12. The van der Waals surface area contributed by atoms with Gasteiger partial charge in [0.05, 0.1) is 18.8 Å². The minimum absolute atomic E-state index is 0. The molecule has 1 aliphatic heterocycles. The zero-order valence-electron chi connectivity index (χ0n) is 12.9. The molecule has 0 aromatic heterocycles. The van der Waals surface area contributed by atoms with Crippen molar-refractivity contribution in [2.45, 2.75) is 51.7 Å². The Morgan fingerprint density at radius 1 is 1.40 bits per heavy atom. The Morgan fingerprint density at radius 3 is 2.60 bits per heavy atom. The molecule has 1 saturated heterocycles. The molecule has 0 N–H and O–H groups in total. The standard InChI is InChI=1S/C13H24NO4P.Y/c1-7-14-13(4,5)18-19-17-12-9(2)10(3)16-11(12)8-15-6;/h9-12,19H,1,8H2,2-6H3;. The molecule has 1 rings (SSSR count). The molecule has 0 bridgehead atoms. The van der Waals surface area contributed by atoms with E-state index in [-0.39, 0.29) is 60.1 Å². The number of aliphatic imine (C=N–C) groups is 1. The van der Waals surface area contributed by atoms with Crippen LogP contribution in [0.25, 0.3) is 0 Å². The van der Waals surface area contributed by atoms with Crippen LogP contribution in [-0.2, 0) is 51.2 Å². The molecular formula is C13H24NO4PY. The van der Waals surface area contributed by atoms with Crippen LogP contribution in [0.1, 0.15) is 27.7 Å². The maximum absolute atomic E-state index is 5.83. The second kappa shape index (κ2) is 9.76. The molecule has 7 heteroatoms. The Morgan fingerprint density at radius 2 is 2.05 bits per heavy atom. The van der Waals surface area contributed by atoms with Crippen molar-refractivity contribution in [2.24, 2.45) is 10.9 Å². The van der Waals surface area contributed by atoms with E-state index in [1.807, 2.05) is 20.8 Å². The topological polar surface area (TPSA) is 49.3 Å². The molecule has 1 heterocycles. The van der Waals surface area contributed by atoms with Gasteiger partial charge in [0.1, 0.15) is 6.10 Å². The zero-order valence-corrected chi connectivity index (χ0v) is 16.7. The fourth-order valence-corrected chi connectivity index (χ4v) is 2.73. The average Bonchev–Trinajstić information content (AvgIpc) is 2.57. The second-order valence-corrected chi connectivity index (χ2v) is 5.79. The Labute approximate surface area is 148 Å². The van der Waals surface area contributed by atoms with E-state index >= 15 is 0 Å². The van der Waals surface area contributed by atoms with Crippen LogP contribution < -0.4 is 0 Å². The van der Waals surface area contributed by atoms with Crippen molar-refractivity contribution >= 4 is 14.9 Å². The van der Waals surface area contributed by atoms with E-state index in [4.69, 9.17) is 18.5 Å². The summed E-state index contributed by atoms with van der Waals surface area (Å²) in [7, 11) is 1.56. The van der Waals surface area contributed by atoms with Crippen LogP contribution in [0, 0.1) is 5.92 Å². The van der Waals surface area contributed by atoms with E-state index in [9.17, 15) is 0 Å². The van der Waals surface area contributed by atoms with Crippen LogP contribution in [0.5, 0.6) is 0 Å². The molecular weight excluding hydrogens is 354 g/mol. The van der Waals surface area contributed by atoms with Crippen LogP contribution in [0.3, 0.4) is 0 Å². The van der Waals surface area contributed by atoms with Gasteiger partial charge in [-0.2, -0.15) is 0 Å². The van der Waals surface area contributed by atoms with Gasteiger partial charge in [0, 0.05) is 45.7 Å². The summed E-state index contributed by atoms with van der Waals surface area (Å²) in [6.07, 6.45) is 0.100.